The molecule has 9 nitrogen and oxygen atoms in total. The first-order valence-corrected chi connectivity index (χ1v) is 15.0. The molecule has 2 aromatic heterocycles. The summed E-state index contributed by atoms with van der Waals surface area (Å²) >= 11 is 6.32. The number of fused-ring (bicyclic) bond motifs is 2. The van der Waals surface area contributed by atoms with Crippen LogP contribution in [0.3, 0.4) is 0 Å². The van der Waals surface area contributed by atoms with Crippen molar-refractivity contribution in [2.24, 2.45) is 0 Å². The minimum absolute atomic E-state index is 0.00811. The summed E-state index contributed by atoms with van der Waals surface area (Å²) in [6, 6.07) is 7.86. The van der Waals surface area contributed by atoms with Gasteiger partial charge in [-0.05, 0) is 18.5 Å². The van der Waals surface area contributed by atoms with Crippen LogP contribution in [0.2, 0.25) is 5.02 Å². The SMILES string of the molecule is C=C(F)C(=O)N1CCN(c2nc(OC[C@@H]3CC(F)(F)CN3C)nc3c(F)c(-c4cccc5ccc(F)c(Cl)c45)ncc23)C[C@@H]1CC#N. The molecule has 6 rings (SSSR count). The first-order valence-electron chi connectivity index (χ1n) is 14.6. The van der Waals surface area contributed by atoms with Crippen LogP contribution in [0.4, 0.5) is 27.8 Å². The van der Waals surface area contributed by atoms with E-state index in [9.17, 15) is 27.6 Å². The van der Waals surface area contributed by atoms with Gasteiger partial charge in [-0.2, -0.15) is 15.2 Å². The van der Waals surface area contributed by atoms with Gasteiger partial charge in [0.1, 0.15) is 29.5 Å². The van der Waals surface area contributed by atoms with Crippen LogP contribution in [0, 0.1) is 23.0 Å². The Balaban J connectivity index is 1.46. The monoisotopic (exact) mass is 671 g/mol. The van der Waals surface area contributed by atoms with E-state index in [0.717, 1.165) is 0 Å². The molecule has 0 aliphatic carbocycles. The van der Waals surface area contributed by atoms with Crippen LogP contribution < -0.4 is 9.64 Å². The zero-order valence-corrected chi connectivity index (χ0v) is 25.7. The van der Waals surface area contributed by atoms with E-state index in [0.29, 0.717) is 5.39 Å². The Bertz CT molecular complexity index is 1960. The number of amides is 1. The number of carbonyl (C=O) groups is 1. The molecule has 0 radical (unpaired) electrons. The molecular weight excluding hydrogens is 645 g/mol. The van der Waals surface area contributed by atoms with E-state index in [1.807, 2.05) is 6.07 Å². The highest BCUT2D eigenvalue weighted by Crippen LogP contribution is 2.39. The molecule has 15 heteroatoms. The summed E-state index contributed by atoms with van der Waals surface area (Å²) in [6.07, 6.45) is 0.750. The Hall–Kier alpha value is -4.61. The summed E-state index contributed by atoms with van der Waals surface area (Å²) in [5, 5.41) is 10.2. The van der Waals surface area contributed by atoms with Crippen LogP contribution in [0.5, 0.6) is 6.01 Å². The van der Waals surface area contributed by atoms with Gasteiger partial charge in [0.05, 0.1) is 35.5 Å². The van der Waals surface area contributed by atoms with Gasteiger partial charge in [0.25, 0.3) is 11.8 Å². The van der Waals surface area contributed by atoms with Gasteiger partial charge in [0, 0.05) is 49.2 Å². The van der Waals surface area contributed by atoms with Crippen molar-refractivity contribution >= 4 is 45.0 Å². The molecule has 2 fully saturated rings. The molecule has 0 bridgehead atoms. The van der Waals surface area contributed by atoms with Crippen molar-refractivity contribution in [1.29, 1.82) is 5.26 Å². The van der Waals surface area contributed by atoms with Crippen LogP contribution in [0.25, 0.3) is 32.9 Å². The minimum atomic E-state index is -2.90. The van der Waals surface area contributed by atoms with Crippen LogP contribution in [-0.4, -0.2) is 88.5 Å². The number of rotatable bonds is 7. The lowest BCUT2D eigenvalue weighted by Crippen LogP contribution is -2.55. The molecule has 0 saturated carbocycles. The van der Waals surface area contributed by atoms with Crippen molar-refractivity contribution in [3.63, 3.8) is 0 Å². The quantitative estimate of drug-likeness (QED) is 0.177. The maximum Gasteiger partial charge on any atom is 0.319 e. The molecule has 2 atom stereocenters. The van der Waals surface area contributed by atoms with E-state index < -0.39 is 54.3 Å². The van der Waals surface area contributed by atoms with E-state index in [1.54, 1.807) is 30.1 Å². The number of piperazine rings is 1. The minimum Gasteiger partial charge on any atom is -0.462 e. The maximum atomic E-state index is 16.6. The summed E-state index contributed by atoms with van der Waals surface area (Å²) in [5.74, 6) is -6.47. The Labute approximate surface area is 270 Å². The number of benzene rings is 2. The topological polar surface area (TPSA) is 98.5 Å². The lowest BCUT2D eigenvalue weighted by molar-refractivity contribution is -0.131. The van der Waals surface area contributed by atoms with Gasteiger partial charge in [0.2, 0.25) is 0 Å². The zero-order chi connectivity index (χ0) is 33.6. The van der Waals surface area contributed by atoms with E-state index in [1.165, 1.54) is 28.1 Å². The van der Waals surface area contributed by atoms with Crippen molar-refractivity contribution in [1.82, 2.24) is 24.8 Å². The Kier molecular flexibility index (Phi) is 8.62. The standard InChI is InChI=1S/C32H27ClF5N7O2/c1-17(34)30(46)45-11-10-44(14-19(45)8-9-39)29-22-13-40-27(21-5-3-4-18-6-7-23(35)25(33)24(18)21)26(36)28(22)41-31(42-29)47-15-20-12-32(37,38)16-43(20)2/h3-7,13,19-20H,1,8,10-12,14-16H2,2H3/t19-,20-/m0/s1. The Morgan fingerprint density at radius 3 is 2.68 bits per heavy atom. The maximum absolute atomic E-state index is 16.6. The highest BCUT2D eigenvalue weighted by atomic mass is 35.5. The van der Waals surface area contributed by atoms with Crippen molar-refractivity contribution in [2.45, 2.75) is 30.8 Å². The highest BCUT2D eigenvalue weighted by molar-refractivity contribution is 6.36. The average Bonchev–Trinajstić information content (AvgIpc) is 3.31. The molecule has 2 aliphatic heterocycles. The molecule has 2 aliphatic rings. The first kappa shape index (κ1) is 32.3. The number of pyridine rings is 1. The second-order valence-electron chi connectivity index (χ2n) is 11.6. The fourth-order valence-electron chi connectivity index (χ4n) is 6.19. The number of nitrogens with zero attached hydrogens (tertiary/aromatic N) is 7. The third-order valence-corrected chi connectivity index (χ3v) is 8.85. The van der Waals surface area contributed by atoms with E-state index in [-0.39, 0.29) is 77.1 Å². The van der Waals surface area contributed by atoms with Gasteiger partial charge in [-0.1, -0.05) is 42.4 Å². The fraction of sp³-hybridized carbons (Fsp3) is 0.344. The lowest BCUT2D eigenvalue weighted by Gasteiger charge is -2.41. The third kappa shape index (κ3) is 6.13. The summed E-state index contributed by atoms with van der Waals surface area (Å²) < 4.78 is 78.7. The molecular formula is C32H27ClF5N7O2. The molecule has 0 N–H and O–H groups in total. The second-order valence-corrected chi connectivity index (χ2v) is 12.0. The number of nitriles is 1. The second kappa shape index (κ2) is 12.5. The summed E-state index contributed by atoms with van der Waals surface area (Å²) in [4.78, 5) is 30.0. The summed E-state index contributed by atoms with van der Waals surface area (Å²) in [5.41, 5.74) is -0.200. The first-order chi connectivity index (χ1) is 22.4. The Morgan fingerprint density at radius 2 is 1.98 bits per heavy atom. The predicted molar refractivity (Wildman–Crippen MR) is 165 cm³/mol. The number of hydrogen-bond donors (Lipinski definition) is 0. The van der Waals surface area contributed by atoms with Gasteiger partial charge in [-0.25, -0.2) is 22.0 Å². The van der Waals surface area contributed by atoms with Crippen molar-refractivity contribution in [3.8, 4) is 23.3 Å². The van der Waals surface area contributed by atoms with Gasteiger partial charge < -0.3 is 14.5 Å². The normalized spacial score (nSPS) is 19.7. The molecule has 2 aromatic carbocycles. The smallest absolute Gasteiger partial charge is 0.319 e. The number of alkyl halides is 2. The molecule has 1 amide bonds. The number of halogens is 6. The van der Waals surface area contributed by atoms with E-state index in [4.69, 9.17) is 16.3 Å². The van der Waals surface area contributed by atoms with Gasteiger partial charge in [-0.3, -0.25) is 14.7 Å². The fourth-order valence-corrected chi connectivity index (χ4v) is 6.46. The van der Waals surface area contributed by atoms with Crippen molar-refractivity contribution in [2.75, 3.05) is 44.7 Å². The number of likely N-dealkylation sites (N-methyl/N-ethyl adjacent to an activating group) is 1. The molecule has 2 saturated heterocycles. The molecule has 0 spiro atoms. The van der Waals surface area contributed by atoms with Crippen molar-refractivity contribution < 1.29 is 31.5 Å². The van der Waals surface area contributed by atoms with E-state index in [2.05, 4.69) is 21.5 Å². The Morgan fingerprint density at radius 1 is 1.19 bits per heavy atom. The van der Waals surface area contributed by atoms with Crippen molar-refractivity contribution in [3.05, 3.63) is 65.6 Å². The molecule has 4 aromatic rings. The number of aromatic nitrogens is 3. The van der Waals surface area contributed by atoms with Gasteiger partial charge in [0.15, 0.2) is 11.6 Å². The zero-order valence-electron chi connectivity index (χ0n) is 25.0. The highest BCUT2D eigenvalue weighted by Gasteiger charge is 2.43. The number of anilines is 1. The summed E-state index contributed by atoms with van der Waals surface area (Å²) in [7, 11) is 1.54. The van der Waals surface area contributed by atoms with E-state index >= 15 is 4.39 Å². The van der Waals surface area contributed by atoms with Gasteiger partial charge >= 0.3 is 6.01 Å². The van der Waals surface area contributed by atoms with Crippen LogP contribution in [0.1, 0.15) is 12.8 Å². The number of ether oxygens (including phenoxy) is 1. The largest absolute Gasteiger partial charge is 0.462 e. The summed E-state index contributed by atoms with van der Waals surface area (Å²) in [6.45, 7) is 2.52. The molecule has 244 valence electrons. The molecule has 47 heavy (non-hydrogen) atoms. The molecule has 0 unspecified atom stereocenters. The predicted octanol–water partition coefficient (Wildman–Crippen LogP) is 5.91. The number of carbonyl (C=O) groups excluding carboxylic acids is 1. The number of hydrogen-bond acceptors (Lipinski definition) is 8. The van der Waals surface area contributed by atoms with Gasteiger partial charge in [-0.15, -0.1) is 0 Å². The average molecular weight is 672 g/mol. The third-order valence-electron chi connectivity index (χ3n) is 8.48. The van der Waals surface area contributed by atoms with Crippen LogP contribution in [0.15, 0.2) is 48.9 Å². The number of likely N-dealkylation sites (tertiary alicyclic amines) is 1. The van der Waals surface area contributed by atoms with Crippen LogP contribution >= 0.6 is 11.6 Å². The molecule has 4 heterocycles. The lowest BCUT2D eigenvalue weighted by atomic mass is 10.0. The van der Waals surface area contributed by atoms with Crippen LogP contribution in [-0.2, 0) is 4.79 Å².